The summed E-state index contributed by atoms with van der Waals surface area (Å²) in [4.78, 5) is 0. The van der Waals surface area contributed by atoms with E-state index in [9.17, 15) is 0 Å². The molecular formula is C26H34O2. The van der Waals surface area contributed by atoms with E-state index < -0.39 is 0 Å². The Bertz CT molecular complexity index is 761. The second-order valence-corrected chi connectivity index (χ2v) is 8.55. The SMILES string of the molecule is COc1cccc(OC)c1-c1ccc(C2CCCCC2)cc1C1CCCCC1. The standard InChI is InChI=1S/C26H34O2/c1-27-24-14-9-15-25(28-2)26(24)22-17-16-21(19-10-5-3-6-11-19)18-23(22)20-12-7-4-8-13-20/h9,14-20H,3-8,10-13H2,1-2H3. The van der Waals surface area contributed by atoms with Gasteiger partial charge >= 0.3 is 0 Å². The average Bonchev–Trinajstić information content (AvgIpc) is 2.79. The van der Waals surface area contributed by atoms with Gasteiger partial charge < -0.3 is 9.47 Å². The first-order valence-electron chi connectivity index (χ1n) is 11.2. The second-order valence-electron chi connectivity index (χ2n) is 8.55. The van der Waals surface area contributed by atoms with Gasteiger partial charge in [0.25, 0.3) is 0 Å². The summed E-state index contributed by atoms with van der Waals surface area (Å²) in [5.74, 6) is 3.20. The monoisotopic (exact) mass is 378 g/mol. The fourth-order valence-corrected chi connectivity index (χ4v) is 5.37. The highest BCUT2D eigenvalue weighted by Crippen LogP contribution is 2.46. The van der Waals surface area contributed by atoms with E-state index in [0.29, 0.717) is 5.92 Å². The molecule has 2 fully saturated rings. The van der Waals surface area contributed by atoms with Crippen LogP contribution in [-0.4, -0.2) is 14.2 Å². The first-order chi connectivity index (χ1) is 13.8. The highest BCUT2D eigenvalue weighted by molar-refractivity contribution is 5.80. The molecule has 2 saturated carbocycles. The molecule has 0 saturated heterocycles. The molecule has 0 aromatic heterocycles. The van der Waals surface area contributed by atoms with E-state index >= 15 is 0 Å². The maximum absolute atomic E-state index is 5.75. The lowest BCUT2D eigenvalue weighted by molar-refractivity contribution is 0.397. The molecule has 0 atom stereocenters. The van der Waals surface area contributed by atoms with E-state index in [1.807, 2.05) is 6.07 Å². The van der Waals surface area contributed by atoms with E-state index in [4.69, 9.17) is 9.47 Å². The molecule has 2 aliphatic rings. The maximum atomic E-state index is 5.75. The summed E-state index contributed by atoms with van der Waals surface area (Å²) in [6.07, 6.45) is 13.5. The lowest BCUT2D eigenvalue weighted by Gasteiger charge is -2.28. The van der Waals surface area contributed by atoms with Gasteiger partial charge in [-0.2, -0.15) is 0 Å². The van der Waals surface area contributed by atoms with E-state index in [1.54, 1.807) is 19.8 Å². The number of methoxy groups -OCH3 is 2. The largest absolute Gasteiger partial charge is 0.496 e. The Balaban J connectivity index is 1.82. The van der Waals surface area contributed by atoms with Crippen LogP contribution in [0.25, 0.3) is 11.1 Å². The normalized spacial score (nSPS) is 18.8. The fourth-order valence-electron chi connectivity index (χ4n) is 5.37. The van der Waals surface area contributed by atoms with E-state index in [2.05, 4.69) is 30.3 Å². The van der Waals surface area contributed by atoms with Crippen LogP contribution in [0.4, 0.5) is 0 Å². The van der Waals surface area contributed by atoms with Gasteiger partial charge in [0.05, 0.1) is 19.8 Å². The Labute approximate surface area is 170 Å². The molecule has 0 spiro atoms. The molecule has 2 nitrogen and oxygen atoms in total. The molecule has 2 aliphatic carbocycles. The molecule has 0 aliphatic heterocycles. The van der Waals surface area contributed by atoms with Crippen molar-refractivity contribution in [1.29, 1.82) is 0 Å². The molecule has 2 aromatic carbocycles. The van der Waals surface area contributed by atoms with Crippen LogP contribution in [0, 0.1) is 0 Å². The van der Waals surface area contributed by atoms with Crippen LogP contribution in [0.15, 0.2) is 36.4 Å². The van der Waals surface area contributed by atoms with Gasteiger partial charge in [0.2, 0.25) is 0 Å². The smallest absolute Gasteiger partial charge is 0.130 e. The number of benzene rings is 2. The second kappa shape index (κ2) is 9.03. The van der Waals surface area contributed by atoms with E-state index in [1.165, 1.54) is 75.3 Å². The Morgan fingerprint density at radius 1 is 0.679 bits per heavy atom. The fraction of sp³-hybridized carbons (Fsp3) is 0.538. The minimum absolute atomic E-state index is 0.655. The van der Waals surface area contributed by atoms with Crippen LogP contribution < -0.4 is 9.47 Å². The van der Waals surface area contributed by atoms with Crippen molar-refractivity contribution in [3.05, 3.63) is 47.5 Å². The predicted octanol–water partition coefficient (Wildman–Crippen LogP) is 7.47. The van der Waals surface area contributed by atoms with Gasteiger partial charge in [0, 0.05) is 0 Å². The predicted molar refractivity (Wildman–Crippen MR) is 117 cm³/mol. The number of ether oxygens (including phenoxy) is 2. The summed E-state index contributed by atoms with van der Waals surface area (Å²) < 4.78 is 11.5. The van der Waals surface area contributed by atoms with Crippen molar-refractivity contribution in [1.82, 2.24) is 0 Å². The maximum Gasteiger partial charge on any atom is 0.130 e. The highest BCUT2D eigenvalue weighted by atomic mass is 16.5. The van der Waals surface area contributed by atoms with Crippen molar-refractivity contribution in [2.45, 2.75) is 76.0 Å². The molecule has 0 bridgehead atoms. The molecule has 0 unspecified atom stereocenters. The Kier molecular flexibility index (Phi) is 6.24. The quantitative estimate of drug-likeness (QED) is 0.537. The topological polar surface area (TPSA) is 18.5 Å². The van der Waals surface area contributed by atoms with Crippen LogP contribution in [-0.2, 0) is 0 Å². The Hall–Kier alpha value is -1.96. The molecule has 0 amide bonds. The number of hydrogen-bond acceptors (Lipinski definition) is 2. The summed E-state index contributed by atoms with van der Waals surface area (Å²) in [6, 6.07) is 13.4. The molecule has 0 heterocycles. The van der Waals surface area contributed by atoms with Crippen molar-refractivity contribution in [2.75, 3.05) is 14.2 Å². The van der Waals surface area contributed by atoms with Crippen LogP contribution in [0.2, 0.25) is 0 Å². The third kappa shape index (κ3) is 3.92. The number of rotatable bonds is 5. The van der Waals surface area contributed by atoms with Gasteiger partial charge in [0.1, 0.15) is 11.5 Å². The summed E-state index contributed by atoms with van der Waals surface area (Å²) in [5, 5.41) is 0. The molecule has 4 rings (SSSR count). The van der Waals surface area contributed by atoms with Crippen LogP contribution in [0.1, 0.15) is 87.2 Å². The lowest BCUT2D eigenvalue weighted by atomic mass is 9.77. The van der Waals surface area contributed by atoms with Crippen LogP contribution in [0.3, 0.4) is 0 Å². The molecule has 28 heavy (non-hydrogen) atoms. The lowest BCUT2D eigenvalue weighted by Crippen LogP contribution is -2.10. The van der Waals surface area contributed by atoms with Gasteiger partial charge in [-0.1, -0.05) is 62.8 Å². The van der Waals surface area contributed by atoms with Crippen molar-refractivity contribution < 1.29 is 9.47 Å². The van der Waals surface area contributed by atoms with Gasteiger partial charge in [0.15, 0.2) is 0 Å². The summed E-state index contributed by atoms with van der Waals surface area (Å²) in [5.41, 5.74) is 5.49. The van der Waals surface area contributed by atoms with E-state index in [-0.39, 0.29) is 0 Å². The number of hydrogen-bond donors (Lipinski definition) is 0. The van der Waals surface area contributed by atoms with Crippen molar-refractivity contribution in [3.8, 4) is 22.6 Å². The first kappa shape index (κ1) is 19.4. The van der Waals surface area contributed by atoms with Gasteiger partial charge in [-0.15, -0.1) is 0 Å². The minimum atomic E-state index is 0.655. The van der Waals surface area contributed by atoms with Crippen LogP contribution in [0.5, 0.6) is 11.5 Å². The molecular weight excluding hydrogens is 344 g/mol. The van der Waals surface area contributed by atoms with Crippen molar-refractivity contribution >= 4 is 0 Å². The Morgan fingerprint density at radius 3 is 1.82 bits per heavy atom. The Morgan fingerprint density at radius 2 is 1.25 bits per heavy atom. The molecule has 0 radical (unpaired) electrons. The van der Waals surface area contributed by atoms with Crippen molar-refractivity contribution in [2.24, 2.45) is 0 Å². The third-order valence-electron chi connectivity index (χ3n) is 6.89. The highest BCUT2D eigenvalue weighted by Gasteiger charge is 2.25. The van der Waals surface area contributed by atoms with Gasteiger partial charge in [-0.25, -0.2) is 0 Å². The summed E-state index contributed by atoms with van der Waals surface area (Å²) in [6.45, 7) is 0. The minimum Gasteiger partial charge on any atom is -0.496 e. The molecule has 2 heteroatoms. The van der Waals surface area contributed by atoms with Crippen molar-refractivity contribution in [3.63, 3.8) is 0 Å². The molecule has 150 valence electrons. The molecule has 2 aromatic rings. The van der Waals surface area contributed by atoms with Gasteiger partial charge in [-0.05, 0) is 66.3 Å². The first-order valence-corrected chi connectivity index (χ1v) is 11.2. The zero-order valence-corrected chi connectivity index (χ0v) is 17.5. The zero-order valence-electron chi connectivity index (χ0n) is 17.5. The van der Waals surface area contributed by atoms with Crippen LogP contribution >= 0.6 is 0 Å². The van der Waals surface area contributed by atoms with Gasteiger partial charge in [-0.3, -0.25) is 0 Å². The summed E-state index contributed by atoms with van der Waals surface area (Å²) >= 11 is 0. The third-order valence-corrected chi connectivity index (χ3v) is 6.89. The molecule has 0 N–H and O–H groups in total. The zero-order chi connectivity index (χ0) is 19.3. The van der Waals surface area contributed by atoms with E-state index in [0.717, 1.165) is 23.0 Å². The summed E-state index contributed by atoms with van der Waals surface area (Å²) in [7, 11) is 3.52. The average molecular weight is 379 g/mol.